The fourth-order valence-electron chi connectivity index (χ4n) is 5.40. The summed E-state index contributed by atoms with van der Waals surface area (Å²) in [5, 5.41) is 8.79. The summed E-state index contributed by atoms with van der Waals surface area (Å²) in [7, 11) is -3.97. The van der Waals surface area contributed by atoms with E-state index >= 15 is 0 Å². The van der Waals surface area contributed by atoms with Crippen LogP contribution in [-0.4, -0.2) is 13.4 Å². The molecule has 0 saturated heterocycles. The lowest BCUT2D eigenvalue weighted by molar-refractivity contribution is 0.590. The number of nitrogens with zero attached hydrogens (tertiary/aromatic N) is 1. The number of anilines is 3. The van der Waals surface area contributed by atoms with E-state index in [-0.39, 0.29) is 21.4 Å². The molecule has 0 bridgehead atoms. The summed E-state index contributed by atoms with van der Waals surface area (Å²) in [5.74, 6) is -0.00252. The summed E-state index contributed by atoms with van der Waals surface area (Å²) < 4.78 is 28.9. The average Bonchev–Trinajstić information content (AvgIpc) is 2.92. The molecule has 39 heavy (non-hydrogen) atoms. The molecule has 8 nitrogen and oxygen atoms in total. The van der Waals surface area contributed by atoms with E-state index in [4.69, 9.17) is 0 Å². The van der Waals surface area contributed by atoms with Crippen LogP contribution in [0.4, 0.5) is 17.1 Å². The molecule has 0 atom stereocenters. The van der Waals surface area contributed by atoms with E-state index in [1.54, 1.807) is 42.5 Å². The van der Waals surface area contributed by atoms with Crippen molar-refractivity contribution in [3.05, 3.63) is 127 Å². The molecule has 7 rings (SSSR count). The van der Waals surface area contributed by atoms with E-state index in [1.165, 1.54) is 6.07 Å². The Labute approximate surface area is 221 Å². The molecule has 0 saturated carbocycles. The Kier molecular flexibility index (Phi) is 4.89. The smallest absolute Gasteiger partial charge is 0.281 e. The van der Waals surface area contributed by atoms with Crippen LogP contribution < -0.4 is 31.6 Å². The van der Waals surface area contributed by atoms with Crippen LogP contribution in [0.15, 0.2) is 99.4 Å². The van der Waals surface area contributed by atoms with Gasteiger partial charge in [0.2, 0.25) is 0 Å². The van der Waals surface area contributed by atoms with Crippen molar-refractivity contribution in [1.29, 1.82) is 0 Å². The zero-order chi connectivity index (χ0) is 26.9. The summed E-state index contributed by atoms with van der Waals surface area (Å²) in [4.78, 5) is 32.1. The summed E-state index contributed by atoms with van der Waals surface area (Å²) in [6.45, 7) is 1.83. The summed E-state index contributed by atoms with van der Waals surface area (Å²) in [6.07, 6.45) is 0. The number of rotatable bonds is 2. The third-order valence-corrected chi connectivity index (χ3v) is 8.47. The van der Waals surface area contributed by atoms with Crippen molar-refractivity contribution in [3.8, 4) is 0 Å². The van der Waals surface area contributed by atoms with Crippen LogP contribution in [0.3, 0.4) is 0 Å². The molecule has 3 N–H and O–H groups in total. The van der Waals surface area contributed by atoms with E-state index in [0.29, 0.717) is 49.1 Å². The normalized spacial score (nSPS) is 15.6. The average molecular weight is 533 g/mol. The van der Waals surface area contributed by atoms with Gasteiger partial charge in [0.15, 0.2) is 5.43 Å². The number of fused-ring (bicyclic) bond motifs is 3. The van der Waals surface area contributed by atoms with Gasteiger partial charge in [-0.15, -0.1) is 0 Å². The predicted octanol–water partition coefficient (Wildman–Crippen LogP) is 3.51. The van der Waals surface area contributed by atoms with Crippen LogP contribution in [0, 0.1) is 17.4 Å². The molecule has 3 aliphatic rings. The molecule has 4 aromatic carbocycles. The minimum Gasteiger partial charge on any atom is -0.355 e. The molecule has 0 amide bonds. The topological polar surface area (TPSA) is 117 Å². The van der Waals surface area contributed by atoms with E-state index in [0.717, 1.165) is 5.69 Å². The predicted molar refractivity (Wildman–Crippen MR) is 152 cm³/mol. The monoisotopic (exact) mass is 532 g/mol. The number of sulfonamides is 1. The second-order valence-electron chi connectivity index (χ2n) is 9.47. The molecule has 2 heterocycles. The highest BCUT2D eigenvalue weighted by atomic mass is 32.2. The van der Waals surface area contributed by atoms with Crippen LogP contribution in [0.25, 0.3) is 27.5 Å². The summed E-state index contributed by atoms with van der Waals surface area (Å²) >= 11 is 0. The Balaban J connectivity index is 1.73. The van der Waals surface area contributed by atoms with Gasteiger partial charge >= 0.3 is 0 Å². The van der Waals surface area contributed by atoms with E-state index in [2.05, 4.69) is 20.3 Å². The molecule has 2 aliphatic heterocycles. The van der Waals surface area contributed by atoms with Gasteiger partial charge < -0.3 is 10.6 Å². The molecule has 1 aliphatic carbocycles. The van der Waals surface area contributed by atoms with E-state index < -0.39 is 15.6 Å². The standard InChI is InChI=1S/C30H20N4O4S/c1-16-15-21(31-17-9-3-2-4-10-17)24-25-23(18-11-5-6-12-19(18)28(24)35)26(30(36)33-27(16)25)29-32-20-13-7-8-14-22(20)39(37,38)34-29/h2-15,31-32,34H,1H3/b29-26-. The van der Waals surface area contributed by atoms with Gasteiger partial charge in [0.05, 0.1) is 27.5 Å². The van der Waals surface area contributed by atoms with Gasteiger partial charge in [-0.3, -0.25) is 14.3 Å². The minimum atomic E-state index is -3.97. The van der Waals surface area contributed by atoms with Crippen LogP contribution in [0.2, 0.25) is 0 Å². The second-order valence-corrected chi connectivity index (χ2v) is 11.1. The van der Waals surface area contributed by atoms with Crippen molar-refractivity contribution in [2.75, 3.05) is 10.6 Å². The Morgan fingerprint density at radius 1 is 0.795 bits per heavy atom. The molecule has 0 spiro atoms. The molecule has 190 valence electrons. The number of benzene rings is 4. The lowest BCUT2D eigenvalue weighted by Crippen LogP contribution is -2.42. The fourth-order valence-corrected chi connectivity index (χ4v) is 6.60. The third kappa shape index (κ3) is 3.44. The maximum atomic E-state index is 14.0. The fraction of sp³-hybridized carbons (Fsp3) is 0.0333. The molecule has 0 aromatic heterocycles. The highest BCUT2D eigenvalue weighted by Gasteiger charge is 2.27. The molecular formula is C30H20N4O4S. The SMILES string of the molecule is Cc1cc(Nc2ccccc2)c2c3c1nc(=O)/c(=C1/Nc4ccccc4S(=O)(=O)N1)c=3c1ccccc1c2=O. The van der Waals surface area contributed by atoms with Crippen LogP contribution in [-0.2, 0) is 10.0 Å². The van der Waals surface area contributed by atoms with Gasteiger partial charge in [-0.05, 0) is 48.2 Å². The van der Waals surface area contributed by atoms with Gasteiger partial charge in [0.1, 0.15) is 10.7 Å². The Bertz CT molecular complexity index is 2330. The number of aromatic nitrogens is 1. The first-order valence-electron chi connectivity index (χ1n) is 12.2. The van der Waals surface area contributed by atoms with Crippen molar-refractivity contribution < 1.29 is 8.42 Å². The quantitative estimate of drug-likeness (QED) is 0.312. The van der Waals surface area contributed by atoms with Gasteiger partial charge in [0, 0.05) is 21.5 Å². The molecule has 0 unspecified atom stereocenters. The molecule has 9 heteroatoms. The van der Waals surface area contributed by atoms with Crippen molar-refractivity contribution in [1.82, 2.24) is 9.71 Å². The maximum Gasteiger partial charge on any atom is 0.281 e. The van der Waals surface area contributed by atoms with Crippen molar-refractivity contribution in [2.45, 2.75) is 11.8 Å². The zero-order valence-corrected chi connectivity index (χ0v) is 21.4. The van der Waals surface area contributed by atoms with E-state index in [9.17, 15) is 18.0 Å². The lowest BCUT2D eigenvalue weighted by Gasteiger charge is -2.22. The van der Waals surface area contributed by atoms with Crippen LogP contribution >= 0.6 is 0 Å². The first-order chi connectivity index (χ1) is 18.8. The lowest BCUT2D eigenvalue weighted by atomic mass is 9.95. The number of hydrogen-bond acceptors (Lipinski definition) is 7. The van der Waals surface area contributed by atoms with Gasteiger partial charge in [-0.2, -0.15) is 0 Å². The van der Waals surface area contributed by atoms with Gasteiger partial charge in [-0.25, -0.2) is 13.4 Å². The van der Waals surface area contributed by atoms with Crippen molar-refractivity contribution >= 4 is 54.6 Å². The maximum absolute atomic E-state index is 14.0. The first kappa shape index (κ1) is 23.1. The Morgan fingerprint density at radius 2 is 1.49 bits per heavy atom. The summed E-state index contributed by atoms with van der Waals surface area (Å²) in [5.41, 5.74) is 2.00. The first-order valence-corrected chi connectivity index (χ1v) is 13.7. The number of para-hydroxylation sites is 2. The molecule has 0 fully saturated rings. The van der Waals surface area contributed by atoms with Gasteiger partial charge in [0.25, 0.3) is 15.6 Å². The highest BCUT2D eigenvalue weighted by molar-refractivity contribution is 7.90. The van der Waals surface area contributed by atoms with E-state index in [1.807, 2.05) is 43.3 Å². The van der Waals surface area contributed by atoms with Crippen molar-refractivity contribution in [3.63, 3.8) is 0 Å². The third-order valence-electron chi connectivity index (χ3n) is 7.06. The molecule has 4 aromatic rings. The summed E-state index contributed by atoms with van der Waals surface area (Å²) in [6, 6.07) is 24.8. The van der Waals surface area contributed by atoms with Gasteiger partial charge in [-0.1, -0.05) is 54.6 Å². The van der Waals surface area contributed by atoms with Crippen LogP contribution in [0.1, 0.15) is 5.56 Å². The molecule has 0 radical (unpaired) electrons. The largest absolute Gasteiger partial charge is 0.355 e. The zero-order valence-electron chi connectivity index (χ0n) is 20.6. The van der Waals surface area contributed by atoms with Crippen molar-refractivity contribution in [2.24, 2.45) is 0 Å². The number of aryl methyl sites for hydroxylation is 1. The molecular weight excluding hydrogens is 512 g/mol. The second kappa shape index (κ2) is 8.24. The number of nitrogens with one attached hydrogen (secondary N) is 3. The minimum absolute atomic E-state index is 0.00252. The van der Waals surface area contributed by atoms with Crippen LogP contribution in [0.5, 0.6) is 0 Å². The highest BCUT2D eigenvalue weighted by Crippen LogP contribution is 2.30. The Morgan fingerprint density at radius 3 is 2.28 bits per heavy atom. The Hall–Kier alpha value is -5.02. The number of hydrogen-bond donors (Lipinski definition) is 3.